The van der Waals surface area contributed by atoms with Crippen LogP contribution in [-0.2, 0) is 5.41 Å². The lowest BCUT2D eigenvalue weighted by Gasteiger charge is -2.50. The highest BCUT2D eigenvalue weighted by Crippen LogP contribution is 2.68. The first-order valence-electron chi connectivity index (χ1n) is 6.41. The molecular weight excluding hydrogens is 194 g/mol. The molecule has 0 heterocycles. The summed E-state index contributed by atoms with van der Waals surface area (Å²) in [5.74, 6) is 0. The Kier molecular flexibility index (Phi) is 2.16. The number of likely N-dealkylation sites (N-methyl/N-ethyl adjacent to an activating group) is 1. The molecule has 3 rings (SSSR count). The van der Waals surface area contributed by atoms with Gasteiger partial charge in [-0.25, -0.2) is 0 Å². The summed E-state index contributed by atoms with van der Waals surface area (Å²) in [5.41, 5.74) is 4.26. The third-order valence-electron chi connectivity index (χ3n) is 4.62. The number of hydrogen-bond acceptors (Lipinski definition) is 1. The van der Waals surface area contributed by atoms with Gasteiger partial charge < -0.3 is 5.32 Å². The molecule has 0 aromatic heterocycles. The Balaban J connectivity index is 1.92. The van der Waals surface area contributed by atoms with Gasteiger partial charge in [-0.3, -0.25) is 0 Å². The maximum Gasteiger partial charge on any atom is 0.00908 e. The van der Waals surface area contributed by atoms with E-state index in [1.807, 2.05) is 0 Å². The van der Waals surface area contributed by atoms with Crippen LogP contribution in [0.2, 0.25) is 0 Å². The number of nitrogens with one attached hydrogen (secondary N) is 1. The first-order chi connectivity index (χ1) is 7.70. The molecule has 0 radical (unpaired) electrons. The predicted molar refractivity (Wildman–Crippen MR) is 67.7 cm³/mol. The summed E-state index contributed by atoms with van der Waals surface area (Å²) in [5, 5.41) is 3.40. The van der Waals surface area contributed by atoms with Crippen molar-refractivity contribution in [2.45, 2.75) is 38.0 Å². The van der Waals surface area contributed by atoms with Crippen molar-refractivity contribution < 1.29 is 0 Å². The lowest BCUT2D eigenvalue weighted by molar-refractivity contribution is 0.118. The monoisotopic (exact) mass is 215 g/mol. The van der Waals surface area contributed by atoms with Crippen molar-refractivity contribution in [1.29, 1.82) is 0 Å². The normalized spacial score (nSPS) is 24.1. The molecule has 0 atom stereocenters. The van der Waals surface area contributed by atoms with Crippen LogP contribution >= 0.6 is 0 Å². The number of aryl methyl sites for hydroxylation is 1. The van der Waals surface area contributed by atoms with Gasteiger partial charge in [0.05, 0.1) is 0 Å². The van der Waals surface area contributed by atoms with Gasteiger partial charge in [-0.2, -0.15) is 0 Å². The van der Waals surface area contributed by atoms with Crippen LogP contribution in [0.4, 0.5) is 0 Å². The van der Waals surface area contributed by atoms with E-state index >= 15 is 0 Å². The maximum atomic E-state index is 3.40. The second kappa shape index (κ2) is 3.33. The molecule has 1 heteroatoms. The highest BCUT2D eigenvalue weighted by atomic mass is 14.9. The van der Waals surface area contributed by atoms with Gasteiger partial charge in [0.2, 0.25) is 0 Å². The fraction of sp³-hybridized carbons (Fsp3) is 0.600. The topological polar surface area (TPSA) is 12.0 Å². The van der Waals surface area contributed by atoms with Crippen molar-refractivity contribution in [1.82, 2.24) is 5.32 Å². The molecule has 0 saturated heterocycles. The molecule has 1 spiro atoms. The van der Waals surface area contributed by atoms with Gasteiger partial charge in [0.15, 0.2) is 0 Å². The van der Waals surface area contributed by atoms with E-state index in [1.54, 1.807) is 5.56 Å². The molecule has 2 aliphatic rings. The predicted octanol–water partition coefficient (Wildman–Crippen LogP) is 3.03. The highest BCUT2D eigenvalue weighted by molar-refractivity contribution is 5.39. The summed E-state index contributed by atoms with van der Waals surface area (Å²) >= 11 is 0. The van der Waals surface area contributed by atoms with E-state index in [4.69, 9.17) is 0 Å². The second-order valence-corrected chi connectivity index (χ2v) is 5.98. The molecule has 1 nitrogen and oxygen atoms in total. The van der Waals surface area contributed by atoms with Crippen LogP contribution in [0.1, 0.15) is 36.8 Å². The van der Waals surface area contributed by atoms with E-state index in [-0.39, 0.29) is 0 Å². The zero-order valence-corrected chi connectivity index (χ0v) is 10.3. The van der Waals surface area contributed by atoms with Crippen LogP contribution in [0.5, 0.6) is 0 Å². The number of rotatable bonds is 3. The van der Waals surface area contributed by atoms with Crippen molar-refractivity contribution in [3.63, 3.8) is 0 Å². The van der Waals surface area contributed by atoms with Crippen molar-refractivity contribution in [2.24, 2.45) is 5.41 Å². The van der Waals surface area contributed by atoms with E-state index in [1.165, 1.54) is 31.2 Å². The minimum Gasteiger partial charge on any atom is -0.319 e. The van der Waals surface area contributed by atoms with Crippen molar-refractivity contribution in [3.05, 3.63) is 35.4 Å². The molecule has 1 aromatic rings. The average molecular weight is 215 g/mol. The van der Waals surface area contributed by atoms with Crippen LogP contribution in [0.25, 0.3) is 0 Å². The molecule has 0 bridgehead atoms. The van der Waals surface area contributed by atoms with Gasteiger partial charge in [0.1, 0.15) is 0 Å². The molecule has 2 fully saturated rings. The maximum absolute atomic E-state index is 3.40. The zero-order valence-electron chi connectivity index (χ0n) is 10.3. The summed E-state index contributed by atoms with van der Waals surface area (Å²) < 4.78 is 0. The Hall–Kier alpha value is -0.820. The molecule has 0 unspecified atom stereocenters. The van der Waals surface area contributed by atoms with Crippen LogP contribution in [0.15, 0.2) is 24.3 Å². The van der Waals surface area contributed by atoms with Gasteiger partial charge in [-0.1, -0.05) is 24.3 Å². The standard InChI is InChI=1S/C15H21N/c1-12-5-3-4-6-13(12)15(11-16-2)9-14(10-15)7-8-14/h3-6,16H,7-11H2,1-2H3. The second-order valence-electron chi connectivity index (χ2n) is 5.98. The van der Waals surface area contributed by atoms with E-state index in [0.29, 0.717) is 5.41 Å². The smallest absolute Gasteiger partial charge is 0.00908 e. The fourth-order valence-electron chi connectivity index (χ4n) is 3.83. The van der Waals surface area contributed by atoms with Crippen LogP contribution in [-0.4, -0.2) is 13.6 Å². The van der Waals surface area contributed by atoms with Crippen LogP contribution in [0, 0.1) is 12.3 Å². The Labute approximate surface area is 98.3 Å². The van der Waals surface area contributed by atoms with Gasteiger partial charge in [-0.15, -0.1) is 0 Å². The lowest BCUT2D eigenvalue weighted by atomic mass is 9.55. The Morgan fingerprint density at radius 2 is 1.88 bits per heavy atom. The number of benzene rings is 1. The van der Waals surface area contributed by atoms with Crippen molar-refractivity contribution >= 4 is 0 Å². The van der Waals surface area contributed by atoms with Crippen molar-refractivity contribution in [3.8, 4) is 0 Å². The Morgan fingerprint density at radius 1 is 1.19 bits per heavy atom. The molecule has 2 aliphatic carbocycles. The first-order valence-corrected chi connectivity index (χ1v) is 6.41. The molecule has 86 valence electrons. The van der Waals surface area contributed by atoms with Gasteiger partial charge in [0, 0.05) is 12.0 Å². The van der Waals surface area contributed by atoms with E-state index in [0.717, 1.165) is 12.0 Å². The Bertz CT molecular complexity index is 396. The molecular formula is C15H21N. The van der Waals surface area contributed by atoms with Crippen molar-refractivity contribution in [2.75, 3.05) is 13.6 Å². The zero-order chi connectivity index (χ0) is 11.2. The van der Waals surface area contributed by atoms with E-state index in [2.05, 4.69) is 43.6 Å². The summed E-state index contributed by atoms with van der Waals surface area (Å²) in [4.78, 5) is 0. The van der Waals surface area contributed by atoms with Gasteiger partial charge in [0.25, 0.3) is 0 Å². The molecule has 0 amide bonds. The van der Waals surface area contributed by atoms with Crippen LogP contribution in [0.3, 0.4) is 0 Å². The summed E-state index contributed by atoms with van der Waals surface area (Å²) in [6.07, 6.45) is 5.77. The molecule has 2 saturated carbocycles. The SMILES string of the molecule is CNCC1(c2ccccc2C)CC2(CC2)C1. The largest absolute Gasteiger partial charge is 0.319 e. The summed E-state index contributed by atoms with van der Waals surface area (Å²) in [6.45, 7) is 3.39. The molecule has 1 N–H and O–H groups in total. The fourth-order valence-corrected chi connectivity index (χ4v) is 3.83. The minimum atomic E-state index is 0.441. The van der Waals surface area contributed by atoms with Crippen LogP contribution < -0.4 is 5.32 Å². The van der Waals surface area contributed by atoms with Gasteiger partial charge in [-0.05, 0) is 56.2 Å². The highest BCUT2D eigenvalue weighted by Gasteiger charge is 2.61. The third-order valence-corrected chi connectivity index (χ3v) is 4.62. The quantitative estimate of drug-likeness (QED) is 0.817. The molecule has 16 heavy (non-hydrogen) atoms. The third kappa shape index (κ3) is 1.41. The Morgan fingerprint density at radius 3 is 2.44 bits per heavy atom. The molecule has 1 aromatic carbocycles. The average Bonchev–Trinajstić information content (AvgIpc) is 2.98. The van der Waals surface area contributed by atoms with Gasteiger partial charge >= 0.3 is 0 Å². The summed E-state index contributed by atoms with van der Waals surface area (Å²) in [7, 11) is 2.08. The number of hydrogen-bond donors (Lipinski definition) is 1. The first kappa shape index (κ1) is 10.3. The molecule has 0 aliphatic heterocycles. The summed E-state index contributed by atoms with van der Waals surface area (Å²) in [6, 6.07) is 8.93. The van der Waals surface area contributed by atoms with E-state index in [9.17, 15) is 0 Å². The minimum absolute atomic E-state index is 0.441. The van der Waals surface area contributed by atoms with E-state index < -0.39 is 0 Å². The lowest BCUT2D eigenvalue weighted by Crippen LogP contribution is -2.49.